The number of nitrogens with one attached hydrogen (secondary N) is 2. The molecule has 1 aliphatic heterocycles. The maximum Gasteiger partial charge on any atom is 0.229 e. The predicted octanol–water partition coefficient (Wildman–Crippen LogP) is 6.63. The molecule has 1 aliphatic rings. The highest BCUT2D eigenvalue weighted by Gasteiger charge is 2.39. The van der Waals surface area contributed by atoms with E-state index in [1.807, 2.05) is 6.07 Å². The Hall–Kier alpha value is -1.13. The van der Waals surface area contributed by atoms with Gasteiger partial charge >= 0.3 is 0 Å². The molecule has 0 saturated carbocycles. The second kappa shape index (κ2) is 15.6. The van der Waals surface area contributed by atoms with E-state index >= 15 is 0 Å². The second-order valence-electron chi connectivity index (χ2n) is 12.6. The second-order valence-corrected chi connectivity index (χ2v) is 19.1. The van der Waals surface area contributed by atoms with Crippen molar-refractivity contribution in [2.45, 2.75) is 109 Å². The third-order valence-corrected chi connectivity index (χ3v) is 13.1. The van der Waals surface area contributed by atoms with E-state index < -0.39 is 18.3 Å². The number of aromatic hydroxyl groups is 1. The van der Waals surface area contributed by atoms with Gasteiger partial charge in [-0.3, -0.25) is 4.72 Å². The average Bonchev–Trinajstić information content (AvgIpc) is 2.82. The number of nitrogens with zero attached hydrogens (tertiary/aromatic N) is 1. The van der Waals surface area contributed by atoms with E-state index in [4.69, 9.17) is 4.43 Å². The molecule has 0 amide bonds. The fourth-order valence-corrected chi connectivity index (χ4v) is 6.53. The fraction of sp³-hybridized carbons (Fsp3) is 0.793. The highest BCUT2D eigenvalue weighted by atomic mass is 32.2. The highest BCUT2D eigenvalue weighted by Crippen LogP contribution is 2.40. The van der Waals surface area contributed by atoms with Crippen molar-refractivity contribution < 1.29 is 18.0 Å². The third-order valence-electron chi connectivity index (χ3n) is 8.04. The molecule has 7 nitrogen and oxygen atoms in total. The third kappa shape index (κ3) is 12.4. The van der Waals surface area contributed by atoms with Gasteiger partial charge in [-0.1, -0.05) is 65.4 Å². The van der Waals surface area contributed by atoms with Crippen molar-refractivity contribution in [3.05, 3.63) is 23.8 Å². The monoisotopic (exact) mass is 569 g/mol. The first-order chi connectivity index (χ1) is 17.8. The molecule has 1 saturated heterocycles. The van der Waals surface area contributed by atoms with Crippen LogP contribution < -0.4 is 10.0 Å². The zero-order valence-electron chi connectivity index (χ0n) is 24.9. The topological polar surface area (TPSA) is 90.9 Å². The number of hydrogen-bond donors (Lipinski definition) is 3. The van der Waals surface area contributed by atoms with Crippen molar-refractivity contribution >= 4 is 24.0 Å². The van der Waals surface area contributed by atoms with Crippen LogP contribution in [0.3, 0.4) is 0 Å². The number of sulfonamides is 1. The van der Waals surface area contributed by atoms with E-state index in [1.165, 1.54) is 83.5 Å². The van der Waals surface area contributed by atoms with Crippen molar-refractivity contribution in [3.63, 3.8) is 0 Å². The largest absolute Gasteiger partial charge is 0.506 e. The lowest BCUT2D eigenvalue weighted by molar-refractivity contribution is 0.180. The Morgan fingerprint density at radius 2 is 1.61 bits per heavy atom. The smallest absolute Gasteiger partial charge is 0.229 e. The van der Waals surface area contributed by atoms with Gasteiger partial charge in [0.25, 0.3) is 0 Å². The normalized spacial score (nSPS) is 16.5. The zero-order valence-corrected chi connectivity index (χ0v) is 26.8. The lowest BCUT2D eigenvalue weighted by atomic mass is 10.1. The van der Waals surface area contributed by atoms with Crippen LogP contribution in [0.2, 0.25) is 18.1 Å². The summed E-state index contributed by atoms with van der Waals surface area (Å²) in [6, 6.07) is 5.06. The summed E-state index contributed by atoms with van der Waals surface area (Å²) in [5.41, 5.74) is 1.04. The number of unbranched alkanes of at least 4 members (excludes halogenated alkanes) is 6. The number of benzene rings is 1. The van der Waals surface area contributed by atoms with E-state index in [0.717, 1.165) is 24.8 Å². The molecule has 0 bridgehead atoms. The van der Waals surface area contributed by atoms with Crippen LogP contribution in [-0.2, 0) is 14.4 Å². The lowest BCUT2D eigenvalue weighted by Crippen LogP contribution is -2.43. The number of phenols is 1. The van der Waals surface area contributed by atoms with Crippen molar-refractivity contribution in [1.82, 2.24) is 10.2 Å². The Morgan fingerprint density at radius 1 is 1.00 bits per heavy atom. The maximum absolute atomic E-state index is 11.8. The van der Waals surface area contributed by atoms with Crippen molar-refractivity contribution in [2.24, 2.45) is 0 Å². The zero-order chi connectivity index (χ0) is 28.2. The predicted molar refractivity (Wildman–Crippen MR) is 163 cm³/mol. The van der Waals surface area contributed by atoms with Gasteiger partial charge in [-0.2, -0.15) is 0 Å². The van der Waals surface area contributed by atoms with Gasteiger partial charge < -0.3 is 19.7 Å². The van der Waals surface area contributed by atoms with Gasteiger partial charge in [0.05, 0.1) is 18.0 Å². The number of rotatable bonds is 17. The minimum Gasteiger partial charge on any atom is -0.506 e. The molecule has 1 heterocycles. The van der Waals surface area contributed by atoms with Crippen molar-refractivity contribution in [3.8, 4) is 5.75 Å². The van der Waals surface area contributed by atoms with Gasteiger partial charge in [0.1, 0.15) is 5.75 Å². The standard InChI is InChI=1S/C29H55N3O4SSi/c1-29(2,3)38(5,6)36-28(25-17-18-27(33)26(23-25)31-37(4,34)35)24-30-19-13-10-8-7-9-11-14-20-32-21-15-12-16-22-32/h17-18,23,28,30-31,33H,7-16,19-22,24H2,1-6H3/t28-/m0/s1. The summed E-state index contributed by atoms with van der Waals surface area (Å²) >= 11 is 0. The molecule has 1 aromatic rings. The van der Waals surface area contributed by atoms with Crippen LogP contribution in [0.15, 0.2) is 18.2 Å². The molecule has 1 atom stereocenters. The molecule has 0 aliphatic carbocycles. The first kappa shape index (κ1) is 33.1. The van der Waals surface area contributed by atoms with E-state index in [9.17, 15) is 13.5 Å². The maximum atomic E-state index is 11.8. The van der Waals surface area contributed by atoms with Gasteiger partial charge in [0, 0.05) is 6.54 Å². The van der Waals surface area contributed by atoms with E-state index in [-0.39, 0.29) is 22.6 Å². The Balaban J connectivity index is 1.79. The van der Waals surface area contributed by atoms with E-state index in [0.29, 0.717) is 6.54 Å². The Labute approximate surface area is 234 Å². The molecule has 1 fully saturated rings. The summed E-state index contributed by atoms with van der Waals surface area (Å²) in [7, 11) is -5.58. The van der Waals surface area contributed by atoms with Crippen molar-refractivity contribution in [1.29, 1.82) is 0 Å². The summed E-state index contributed by atoms with van der Waals surface area (Å²) in [6.45, 7) is 16.6. The summed E-state index contributed by atoms with van der Waals surface area (Å²) in [5, 5.41) is 13.8. The van der Waals surface area contributed by atoms with Gasteiger partial charge in [-0.05, 0) is 87.7 Å². The summed E-state index contributed by atoms with van der Waals surface area (Å²) < 4.78 is 32.7. The summed E-state index contributed by atoms with van der Waals surface area (Å²) in [5.74, 6) is -0.0929. The van der Waals surface area contributed by atoms with Crippen LogP contribution in [-0.4, -0.2) is 65.7 Å². The molecular weight excluding hydrogens is 514 g/mol. The van der Waals surface area contributed by atoms with Gasteiger partial charge in [0.15, 0.2) is 8.32 Å². The number of likely N-dealkylation sites (tertiary alicyclic amines) is 1. The molecule has 38 heavy (non-hydrogen) atoms. The number of hydrogen-bond acceptors (Lipinski definition) is 6. The van der Waals surface area contributed by atoms with Crippen molar-refractivity contribution in [2.75, 3.05) is 43.7 Å². The first-order valence-electron chi connectivity index (χ1n) is 14.7. The van der Waals surface area contributed by atoms with Crippen LogP contribution in [0.4, 0.5) is 5.69 Å². The first-order valence-corrected chi connectivity index (χ1v) is 19.5. The summed E-state index contributed by atoms with van der Waals surface area (Å²) in [6.07, 6.45) is 14.0. The minimum absolute atomic E-state index is 0.0454. The Bertz CT molecular complexity index is 928. The van der Waals surface area contributed by atoms with Crippen LogP contribution in [0.1, 0.15) is 96.6 Å². The Kier molecular flexibility index (Phi) is 13.6. The molecular formula is C29H55N3O4SSi. The number of piperidine rings is 1. The fourth-order valence-electron chi connectivity index (χ4n) is 4.68. The average molecular weight is 570 g/mol. The van der Waals surface area contributed by atoms with Gasteiger partial charge in [0.2, 0.25) is 10.0 Å². The molecule has 0 aromatic heterocycles. The van der Waals surface area contributed by atoms with Gasteiger partial charge in [-0.25, -0.2) is 8.42 Å². The molecule has 1 aromatic carbocycles. The summed E-state index contributed by atoms with van der Waals surface area (Å²) in [4.78, 5) is 2.64. The van der Waals surface area contributed by atoms with E-state index in [1.54, 1.807) is 6.07 Å². The minimum atomic E-state index is -3.50. The van der Waals surface area contributed by atoms with E-state index in [2.05, 4.69) is 48.8 Å². The molecule has 9 heteroatoms. The molecule has 2 rings (SSSR count). The molecule has 0 unspecified atom stereocenters. The molecule has 3 N–H and O–H groups in total. The van der Waals surface area contributed by atoms with Crippen LogP contribution in [0, 0.1) is 0 Å². The number of phenolic OH excluding ortho intramolecular Hbond substituents is 1. The Morgan fingerprint density at radius 3 is 2.21 bits per heavy atom. The highest BCUT2D eigenvalue weighted by molar-refractivity contribution is 7.92. The lowest BCUT2D eigenvalue weighted by Gasteiger charge is -2.39. The molecule has 0 radical (unpaired) electrons. The van der Waals surface area contributed by atoms with Gasteiger partial charge in [-0.15, -0.1) is 0 Å². The van der Waals surface area contributed by atoms with Crippen LogP contribution in [0.25, 0.3) is 0 Å². The quantitative estimate of drug-likeness (QED) is 0.111. The molecule has 0 spiro atoms. The SMILES string of the molecule is CC(C)(C)[Si](C)(C)O[C@@H](CNCCCCCCCCCN1CCCCC1)c1ccc(O)c(NS(C)(=O)=O)c1. The van der Waals surface area contributed by atoms with Crippen LogP contribution in [0.5, 0.6) is 5.75 Å². The molecule has 220 valence electrons. The van der Waals surface area contributed by atoms with Crippen LogP contribution >= 0.6 is 0 Å². The number of anilines is 1.